The lowest BCUT2D eigenvalue weighted by Gasteiger charge is -2.33. The second-order valence-corrected chi connectivity index (χ2v) is 4.91. The van der Waals surface area contributed by atoms with E-state index in [1.807, 2.05) is 0 Å². The molecule has 0 radical (unpaired) electrons. The molecule has 1 heterocycles. The lowest BCUT2D eigenvalue weighted by atomic mass is 10.2. The van der Waals surface area contributed by atoms with Gasteiger partial charge in [-0.05, 0) is 12.1 Å². The quantitative estimate of drug-likeness (QED) is 0.914. The first-order valence-corrected chi connectivity index (χ1v) is 7.20. The Bertz CT molecular complexity index is 548. The maximum atomic E-state index is 12.4. The van der Waals surface area contributed by atoms with E-state index in [2.05, 4.69) is 10.1 Å². The average Bonchev–Trinajstić information content (AvgIpc) is 2.61. The van der Waals surface area contributed by atoms with Gasteiger partial charge >= 0.3 is 12.1 Å². The van der Waals surface area contributed by atoms with Gasteiger partial charge < -0.3 is 29.3 Å². The van der Waals surface area contributed by atoms with Gasteiger partial charge in [0.2, 0.25) is 0 Å². The Hall–Kier alpha value is -2.64. The smallest absolute Gasteiger partial charge is 0.409 e. The molecule has 1 N–H and O–H groups in total. The van der Waals surface area contributed by atoms with Crippen molar-refractivity contribution < 1.29 is 23.8 Å². The van der Waals surface area contributed by atoms with Gasteiger partial charge in [-0.15, -0.1) is 0 Å². The molecule has 0 saturated carbocycles. The van der Waals surface area contributed by atoms with E-state index in [1.165, 1.54) is 21.3 Å². The van der Waals surface area contributed by atoms with Crippen molar-refractivity contribution in [3.63, 3.8) is 0 Å². The van der Waals surface area contributed by atoms with Gasteiger partial charge in [0.15, 0.2) is 0 Å². The zero-order valence-electron chi connectivity index (χ0n) is 13.5. The van der Waals surface area contributed by atoms with Gasteiger partial charge in [0.05, 0.1) is 21.3 Å². The molecule has 1 aromatic rings. The molecule has 8 nitrogen and oxygen atoms in total. The van der Waals surface area contributed by atoms with Crippen LogP contribution in [0.1, 0.15) is 0 Å². The number of piperazine rings is 1. The van der Waals surface area contributed by atoms with Gasteiger partial charge in [0, 0.05) is 26.2 Å². The summed E-state index contributed by atoms with van der Waals surface area (Å²) in [6.07, 6.45) is -0.378. The predicted octanol–water partition coefficient (Wildman–Crippen LogP) is 1.62. The predicted molar refractivity (Wildman–Crippen MR) is 84.1 cm³/mol. The lowest BCUT2D eigenvalue weighted by molar-refractivity contribution is 0.0992. The van der Waals surface area contributed by atoms with Crippen LogP contribution in [-0.4, -0.2) is 69.4 Å². The number of anilines is 1. The van der Waals surface area contributed by atoms with Crippen molar-refractivity contribution in [2.24, 2.45) is 0 Å². The summed E-state index contributed by atoms with van der Waals surface area (Å²) in [4.78, 5) is 27.1. The Balaban J connectivity index is 2.02. The molecule has 1 saturated heterocycles. The molecule has 0 unspecified atom stereocenters. The highest BCUT2D eigenvalue weighted by atomic mass is 16.5. The molecular formula is C15H21N3O5. The lowest BCUT2D eigenvalue weighted by Crippen LogP contribution is -2.51. The largest absolute Gasteiger partial charge is 0.494 e. The van der Waals surface area contributed by atoms with Crippen LogP contribution in [0.5, 0.6) is 11.5 Å². The van der Waals surface area contributed by atoms with E-state index < -0.39 is 0 Å². The first-order valence-electron chi connectivity index (χ1n) is 7.20. The molecule has 0 aliphatic carbocycles. The number of nitrogens with one attached hydrogen (secondary N) is 1. The number of urea groups is 1. The van der Waals surface area contributed by atoms with Crippen molar-refractivity contribution in [1.82, 2.24) is 9.80 Å². The van der Waals surface area contributed by atoms with Gasteiger partial charge in [-0.1, -0.05) is 6.07 Å². The van der Waals surface area contributed by atoms with Crippen LogP contribution in [0.3, 0.4) is 0 Å². The number of amides is 3. The number of ether oxygens (including phenoxy) is 3. The molecule has 1 fully saturated rings. The van der Waals surface area contributed by atoms with Crippen LogP contribution in [0.4, 0.5) is 15.3 Å². The minimum absolute atomic E-state index is 0.266. The monoisotopic (exact) mass is 323 g/mol. The van der Waals surface area contributed by atoms with Crippen LogP contribution in [0.25, 0.3) is 0 Å². The molecule has 1 aromatic carbocycles. The fourth-order valence-corrected chi connectivity index (χ4v) is 2.38. The SMILES string of the molecule is COC(=O)N1CCN(C(=O)Nc2c(OC)cccc2OC)CC1. The van der Waals surface area contributed by atoms with Crippen LogP contribution in [0, 0.1) is 0 Å². The third-order valence-corrected chi connectivity index (χ3v) is 3.66. The van der Waals surface area contributed by atoms with Crippen molar-refractivity contribution in [1.29, 1.82) is 0 Å². The number of nitrogens with zero attached hydrogens (tertiary/aromatic N) is 2. The highest BCUT2D eigenvalue weighted by molar-refractivity contribution is 5.93. The van der Waals surface area contributed by atoms with Crippen molar-refractivity contribution >= 4 is 17.8 Å². The van der Waals surface area contributed by atoms with Crippen LogP contribution in [0.15, 0.2) is 18.2 Å². The molecule has 1 aliphatic rings. The van der Waals surface area contributed by atoms with E-state index in [-0.39, 0.29) is 12.1 Å². The van der Waals surface area contributed by atoms with Gasteiger partial charge in [0.25, 0.3) is 0 Å². The highest BCUT2D eigenvalue weighted by Crippen LogP contribution is 2.34. The number of carbonyl (C=O) groups excluding carboxylic acids is 2. The normalized spacial score (nSPS) is 14.2. The first-order chi connectivity index (χ1) is 11.1. The van der Waals surface area contributed by atoms with Gasteiger partial charge in [-0.3, -0.25) is 0 Å². The summed E-state index contributed by atoms with van der Waals surface area (Å²) in [6, 6.07) is 5.00. The molecule has 8 heteroatoms. The van der Waals surface area contributed by atoms with Crippen LogP contribution in [0.2, 0.25) is 0 Å². The van der Waals surface area contributed by atoms with Gasteiger partial charge in [-0.2, -0.15) is 0 Å². The van der Waals surface area contributed by atoms with Crippen molar-refractivity contribution in [3.05, 3.63) is 18.2 Å². The van der Waals surface area contributed by atoms with E-state index in [1.54, 1.807) is 28.0 Å². The molecule has 2 rings (SSSR count). The summed E-state index contributed by atoms with van der Waals surface area (Å²) in [7, 11) is 4.40. The summed E-state index contributed by atoms with van der Waals surface area (Å²) in [5, 5.41) is 2.81. The summed E-state index contributed by atoms with van der Waals surface area (Å²) < 4.78 is 15.2. The zero-order valence-corrected chi connectivity index (χ0v) is 13.5. The van der Waals surface area contributed by atoms with Crippen molar-refractivity contribution in [3.8, 4) is 11.5 Å². The fourth-order valence-electron chi connectivity index (χ4n) is 2.38. The summed E-state index contributed by atoms with van der Waals surface area (Å²) in [5.74, 6) is 1.04. The second-order valence-electron chi connectivity index (χ2n) is 4.91. The number of para-hydroxylation sites is 1. The van der Waals surface area contributed by atoms with Gasteiger partial charge in [-0.25, -0.2) is 9.59 Å². The molecule has 1 aliphatic heterocycles. The van der Waals surface area contributed by atoms with Gasteiger partial charge in [0.1, 0.15) is 17.2 Å². The van der Waals surface area contributed by atoms with Crippen LogP contribution >= 0.6 is 0 Å². The Morgan fingerprint density at radius 3 is 1.96 bits per heavy atom. The third kappa shape index (κ3) is 3.77. The topological polar surface area (TPSA) is 80.3 Å². The summed E-state index contributed by atoms with van der Waals surface area (Å²) in [6.45, 7) is 1.73. The first kappa shape index (κ1) is 16.7. The maximum absolute atomic E-state index is 12.4. The standard InChI is InChI=1S/C15H21N3O5/c1-21-11-5-4-6-12(22-2)13(11)16-14(19)17-7-9-18(10-8-17)15(20)23-3/h4-6H,7-10H2,1-3H3,(H,16,19). The number of rotatable bonds is 3. The highest BCUT2D eigenvalue weighted by Gasteiger charge is 2.25. The number of carbonyl (C=O) groups is 2. The number of hydrogen-bond acceptors (Lipinski definition) is 5. The van der Waals surface area contributed by atoms with Crippen LogP contribution in [-0.2, 0) is 4.74 Å². The Morgan fingerprint density at radius 2 is 1.48 bits per heavy atom. The van der Waals surface area contributed by atoms with E-state index >= 15 is 0 Å². The molecule has 3 amide bonds. The number of hydrogen-bond donors (Lipinski definition) is 1. The van der Waals surface area contributed by atoms with Crippen molar-refractivity contribution in [2.75, 3.05) is 52.8 Å². The molecular weight excluding hydrogens is 302 g/mol. The summed E-state index contributed by atoms with van der Waals surface area (Å²) >= 11 is 0. The van der Waals surface area contributed by atoms with E-state index in [4.69, 9.17) is 9.47 Å². The minimum Gasteiger partial charge on any atom is -0.494 e. The third-order valence-electron chi connectivity index (χ3n) is 3.66. The Kier molecular flexibility index (Phi) is 5.51. The van der Waals surface area contributed by atoms with E-state index in [0.29, 0.717) is 43.4 Å². The number of methoxy groups -OCH3 is 3. The zero-order chi connectivity index (χ0) is 16.8. The Morgan fingerprint density at radius 1 is 0.957 bits per heavy atom. The van der Waals surface area contributed by atoms with E-state index in [0.717, 1.165) is 0 Å². The fraction of sp³-hybridized carbons (Fsp3) is 0.467. The number of benzene rings is 1. The second kappa shape index (κ2) is 7.57. The molecule has 23 heavy (non-hydrogen) atoms. The molecule has 0 bridgehead atoms. The van der Waals surface area contributed by atoms with Crippen molar-refractivity contribution in [2.45, 2.75) is 0 Å². The summed E-state index contributed by atoms with van der Waals surface area (Å²) in [5.41, 5.74) is 0.484. The van der Waals surface area contributed by atoms with E-state index in [9.17, 15) is 9.59 Å². The molecule has 126 valence electrons. The Labute approximate surface area is 134 Å². The molecule has 0 aromatic heterocycles. The maximum Gasteiger partial charge on any atom is 0.409 e. The van der Waals surface area contributed by atoms with Crippen LogP contribution < -0.4 is 14.8 Å². The molecule has 0 spiro atoms. The molecule has 0 atom stereocenters. The average molecular weight is 323 g/mol. The minimum atomic E-state index is -0.378.